The topological polar surface area (TPSA) is 134 Å². The Bertz CT molecular complexity index is 928. The van der Waals surface area contributed by atoms with Gasteiger partial charge in [0, 0.05) is 51.2 Å². The molecular weight excluding hydrogens is 549 g/mol. The second-order valence-corrected chi connectivity index (χ2v) is 14.0. The van der Waals surface area contributed by atoms with Crippen molar-refractivity contribution >= 4 is 25.9 Å². The summed E-state index contributed by atoms with van der Waals surface area (Å²) in [5, 5.41) is 10.9. The van der Waals surface area contributed by atoms with E-state index < -0.39 is 8.03 Å². The average Bonchev–Trinajstić information content (AvgIpc) is 2.99. The zero-order chi connectivity index (χ0) is 29.6. The van der Waals surface area contributed by atoms with Crippen LogP contribution in [0, 0.1) is 11.8 Å². The van der Waals surface area contributed by atoms with Gasteiger partial charge in [-0.2, -0.15) is 15.0 Å². The minimum atomic E-state index is -1.53. The van der Waals surface area contributed by atoms with Gasteiger partial charge in [-0.1, -0.05) is 19.3 Å². The molecule has 1 aliphatic heterocycles. The van der Waals surface area contributed by atoms with E-state index in [4.69, 9.17) is 15.2 Å². The molecule has 1 unspecified atom stereocenters. The van der Waals surface area contributed by atoms with E-state index in [0.717, 1.165) is 70.7 Å². The lowest BCUT2D eigenvalue weighted by Crippen LogP contribution is -2.52. The van der Waals surface area contributed by atoms with Gasteiger partial charge >= 0.3 is 8.03 Å². The van der Waals surface area contributed by atoms with E-state index in [1.54, 1.807) is 0 Å². The fourth-order valence-electron chi connectivity index (χ4n) is 6.73. The number of anilines is 3. The summed E-state index contributed by atoms with van der Waals surface area (Å²) in [5.74, 6) is 2.93. The van der Waals surface area contributed by atoms with Crippen LogP contribution in [0.25, 0.3) is 0 Å². The van der Waals surface area contributed by atoms with Crippen LogP contribution in [0.1, 0.15) is 84.5 Å². The van der Waals surface area contributed by atoms with Gasteiger partial charge in [0.05, 0.1) is 6.61 Å². The van der Waals surface area contributed by atoms with E-state index in [0.29, 0.717) is 36.6 Å². The molecule has 2 saturated carbocycles. The van der Waals surface area contributed by atoms with Crippen molar-refractivity contribution in [1.82, 2.24) is 30.5 Å². The molecule has 4 rings (SSSR count). The Morgan fingerprint density at radius 1 is 0.952 bits per heavy atom. The van der Waals surface area contributed by atoms with E-state index in [-0.39, 0.29) is 5.95 Å². The number of aromatic nitrogens is 3. The van der Waals surface area contributed by atoms with Crippen LogP contribution < -0.4 is 26.6 Å². The third-order valence-electron chi connectivity index (χ3n) is 9.26. The molecule has 1 aromatic rings. The third-order valence-corrected chi connectivity index (χ3v) is 10.5. The molecule has 5 N–H and O–H groups in total. The number of rotatable bonds is 17. The lowest BCUT2D eigenvalue weighted by Gasteiger charge is -2.39. The van der Waals surface area contributed by atoms with Gasteiger partial charge in [0.25, 0.3) is 0 Å². The van der Waals surface area contributed by atoms with Crippen LogP contribution in [0.3, 0.4) is 0 Å². The molecule has 11 nitrogen and oxygen atoms in total. The van der Waals surface area contributed by atoms with Crippen molar-refractivity contribution in [3.8, 4) is 0 Å². The van der Waals surface area contributed by atoms with Crippen molar-refractivity contribution in [2.45, 2.75) is 96.6 Å². The number of nitrogens with two attached hydrogens (primary N) is 1. The Labute approximate surface area is 254 Å². The summed E-state index contributed by atoms with van der Waals surface area (Å²) < 4.78 is 17.0. The first kappa shape index (κ1) is 33.2. The van der Waals surface area contributed by atoms with Crippen LogP contribution >= 0.6 is 8.03 Å². The van der Waals surface area contributed by atoms with Crippen LogP contribution in [0.15, 0.2) is 0 Å². The summed E-state index contributed by atoms with van der Waals surface area (Å²) in [6.07, 6.45) is 14.7. The summed E-state index contributed by atoms with van der Waals surface area (Å²) in [6, 6.07) is 1.12. The number of hydrogen-bond donors (Lipinski definition) is 4. The van der Waals surface area contributed by atoms with Crippen molar-refractivity contribution < 1.29 is 9.09 Å². The first-order chi connectivity index (χ1) is 20.5. The molecule has 2 atom stereocenters. The normalized spacial score (nSPS) is 24.6. The number of nitrogens with zero attached hydrogens (tertiary/aromatic N) is 5. The lowest BCUT2D eigenvalue weighted by atomic mass is 9.82. The minimum Gasteiger partial charge on any atom is -0.368 e. The summed E-state index contributed by atoms with van der Waals surface area (Å²) in [7, 11) is -1.53. The Morgan fingerprint density at radius 2 is 1.71 bits per heavy atom. The highest BCUT2D eigenvalue weighted by Gasteiger charge is 2.27. The zero-order valence-corrected chi connectivity index (χ0v) is 27.1. The molecule has 0 aromatic carbocycles. The Hall–Kier alpha value is -1.65. The molecule has 1 aromatic heterocycles. The minimum absolute atomic E-state index is 0.265. The van der Waals surface area contributed by atoms with Gasteiger partial charge < -0.3 is 26.6 Å². The molecule has 2 aliphatic carbocycles. The molecule has 42 heavy (non-hydrogen) atoms. The van der Waals surface area contributed by atoms with Crippen molar-refractivity contribution in [2.24, 2.45) is 11.8 Å². The van der Waals surface area contributed by atoms with Gasteiger partial charge in [-0.25, -0.2) is 0 Å². The van der Waals surface area contributed by atoms with E-state index >= 15 is 0 Å². The number of nitrogens with one attached hydrogen (secondary N) is 3. The maximum absolute atomic E-state index is 11.8. The Morgan fingerprint density at radius 3 is 2.45 bits per heavy atom. The third kappa shape index (κ3) is 11.5. The van der Waals surface area contributed by atoms with Crippen molar-refractivity contribution in [3.63, 3.8) is 0 Å². The van der Waals surface area contributed by atoms with Crippen molar-refractivity contribution in [2.75, 3.05) is 81.1 Å². The van der Waals surface area contributed by atoms with Crippen LogP contribution in [0.5, 0.6) is 0 Å². The van der Waals surface area contributed by atoms with Crippen molar-refractivity contribution in [3.05, 3.63) is 0 Å². The predicted octanol–water partition coefficient (Wildman–Crippen LogP) is 4.25. The molecule has 0 bridgehead atoms. The maximum Gasteiger partial charge on any atom is 0.508 e. The van der Waals surface area contributed by atoms with Gasteiger partial charge in [-0.3, -0.25) is 4.90 Å². The van der Waals surface area contributed by atoms with Crippen LogP contribution in [-0.4, -0.2) is 97.1 Å². The zero-order valence-electron chi connectivity index (χ0n) is 26.2. The maximum atomic E-state index is 11.8. The fraction of sp³-hybridized carbons (Fsp3) is 0.900. The van der Waals surface area contributed by atoms with E-state index in [2.05, 4.69) is 42.6 Å². The largest absolute Gasteiger partial charge is 0.508 e. The quantitative estimate of drug-likeness (QED) is 0.150. The smallest absolute Gasteiger partial charge is 0.368 e. The van der Waals surface area contributed by atoms with E-state index in [9.17, 15) is 4.57 Å². The Balaban J connectivity index is 1.10. The highest BCUT2D eigenvalue weighted by molar-refractivity contribution is 7.39. The molecule has 3 aliphatic rings. The summed E-state index contributed by atoms with van der Waals surface area (Å²) in [4.78, 5) is 18.2. The first-order valence-electron chi connectivity index (χ1n) is 16.8. The molecule has 2 heterocycles. The first-order valence-corrected chi connectivity index (χ1v) is 18.1. The molecular formula is C30H57N9O2P+. The summed E-state index contributed by atoms with van der Waals surface area (Å²) >= 11 is 0. The summed E-state index contributed by atoms with van der Waals surface area (Å²) in [5.41, 5.74) is 6.10. The standard InChI is InChI=1S/C30H57N9O2P/c1-3-41-42(40)20-8-17-38-18-19-39(23-24(38)2)30-36-28(31)35-29(37-30)34-22-26-13-11-25(12-14-26)21-32-15-7-16-33-27-9-5-4-6-10-27/h24-27,32-33H,3-23H2,1-2H3,(H3,31,34,35,36,37)/q+1/t24-,25?,26?/m0/s1. The van der Waals surface area contributed by atoms with Crippen LogP contribution in [0.2, 0.25) is 0 Å². The fourth-order valence-corrected chi connectivity index (χ4v) is 7.55. The molecule has 238 valence electrons. The summed E-state index contributed by atoms with van der Waals surface area (Å²) in [6.45, 7) is 12.4. The highest BCUT2D eigenvalue weighted by Crippen LogP contribution is 2.29. The monoisotopic (exact) mass is 606 g/mol. The molecule has 12 heteroatoms. The Kier molecular flexibility index (Phi) is 14.4. The van der Waals surface area contributed by atoms with Gasteiger partial charge in [0.2, 0.25) is 17.8 Å². The average molecular weight is 607 g/mol. The van der Waals surface area contributed by atoms with E-state index in [1.165, 1.54) is 64.2 Å². The molecule has 0 spiro atoms. The lowest BCUT2D eigenvalue weighted by molar-refractivity contribution is 0.188. The molecule has 3 fully saturated rings. The van der Waals surface area contributed by atoms with Crippen LogP contribution in [-0.2, 0) is 9.09 Å². The second kappa shape index (κ2) is 18.2. The predicted molar refractivity (Wildman–Crippen MR) is 173 cm³/mol. The molecule has 1 saturated heterocycles. The second-order valence-electron chi connectivity index (χ2n) is 12.6. The highest BCUT2D eigenvalue weighted by atomic mass is 31.1. The van der Waals surface area contributed by atoms with Crippen molar-refractivity contribution in [1.29, 1.82) is 0 Å². The van der Waals surface area contributed by atoms with Gasteiger partial charge in [0.1, 0.15) is 0 Å². The van der Waals surface area contributed by atoms with E-state index in [1.807, 2.05) is 6.92 Å². The number of hydrogen-bond acceptors (Lipinski definition) is 11. The SMILES string of the molecule is CCO[P+](=O)CCCN1CCN(c2nc(N)nc(NCC3CCC(CNCCCNC4CCCCC4)CC3)n2)C[C@@H]1C. The number of nitrogen functional groups attached to an aromatic ring is 1. The molecule has 0 amide bonds. The van der Waals surface area contributed by atoms with Gasteiger partial charge in [0.15, 0.2) is 6.16 Å². The number of piperazine rings is 1. The van der Waals surface area contributed by atoms with Gasteiger partial charge in [-0.05, 0) is 94.8 Å². The van der Waals surface area contributed by atoms with Crippen LogP contribution in [0.4, 0.5) is 17.8 Å². The molecule has 0 radical (unpaired) electrons. The van der Waals surface area contributed by atoms with Gasteiger partial charge in [-0.15, -0.1) is 4.52 Å².